The fourth-order valence-electron chi connectivity index (χ4n) is 2.40. The molecule has 20 heavy (non-hydrogen) atoms. The average molecular weight is 269 g/mol. The summed E-state index contributed by atoms with van der Waals surface area (Å²) in [5.41, 5.74) is 0.915. The van der Waals surface area contributed by atoms with Gasteiger partial charge in [-0.05, 0) is 38.1 Å². The van der Waals surface area contributed by atoms with E-state index in [-0.39, 0.29) is 0 Å². The highest BCUT2D eigenvalue weighted by Crippen LogP contribution is 2.12. The molecule has 4 heteroatoms. The van der Waals surface area contributed by atoms with Crippen molar-refractivity contribution in [3.8, 4) is 6.01 Å². The number of rotatable bonds is 5. The van der Waals surface area contributed by atoms with E-state index in [1.165, 1.54) is 25.9 Å². The van der Waals surface area contributed by atoms with Crippen LogP contribution < -0.4 is 4.74 Å². The molecule has 0 amide bonds. The largest absolute Gasteiger partial charge is 0.459 e. The fourth-order valence-corrected chi connectivity index (χ4v) is 2.40. The minimum Gasteiger partial charge on any atom is -0.459 e. The van der Waals surface area contributed by atoms with Crippen molar-refractivity contribution >= 4 is 10.9 Å². The Kier molecular flexibility index (Phi) is 4.23. The Labute approximate surface area is 119 Å². The van der Waals surface area contributed by atoms with E-state index in [0.717, 1.165) is 17.4 Å². The predicted octanol–water partition coefficient (Wildman–Crippen LogP) is 2.66. The van der Waals surface area contributed by atoms with Crippen molar-refractivity contribution in [2.75, 3.05) is 26.2 Å². The molecule has 0 saturated carbocycles. The quantitative estimate of drug-likeness (QED) is 0.782. The van der Waals surface area contributed by atoms with E-state index in [1.54, 1.807) is 6.20 Å². The van der Waals surface area contributed by atoms with Crippen molar-refractivity contribution in [3.63, 3.8) is 0 Å². The molecule has 2 heterocycles. The summed E-state index contributed by atoms with van der Waals surface area (Å²) in [6, 6.07) is 8.35. The van der Waals surface area contributed by atoms with Gasteiger partial charge in [0.1, 0.15) is 6.61 Å². The zero-order valence-electron chi connectivity index (χ0n) is 11.5. The van der Waals surface area contributed by atoms with Crippen LogP contribution in [0.25, 0.3) is 10.9 Å². The first-order valence-electron chi connectivity index (χ1n) is 7.14. The molecule has 1 fully saturated rings. The molecule has 3 rings (SSSR count). The zero-order chi connectivity index (χ0) is 13.6. The zero-order valence-corrected chi connectivity index (χ0v) is 11.5. The van der Waals surface area contributed by atoms with Gasteiger partial charge in [-0.25, -0.2) is 4.98 Å². The van der Waals surface area contributed by atoms with E-state index in [2.05, 4.69) is 20.9 Å². The topological polar surface area (TPSA) is 38.2 Å². The van der Waals surface area contributed by atoms with Gasteiger partial charge in [-0.1, -0.05) is 24.3 Å². The first kappa shape index (κ1) is 13.1. The van der Waals surface area contributed by atoms with Crippen molar-refractivity contribution in [1.82, 2.24) is 14.9 Å². The summed E-state index contributed by atoms with van der Waals surface area (Å²) in [6.45, 7) is 3.98. The van der Waals surface area contributed by atoms with Crippen molar-refractivity contribution in [2.24, 2.45) is 0 Å². The molecule has 0 unspecified atom stereocenters. The molecule has 0 atom stereocenters. The highest BCUT2D eigenvalue weighted by molar-refractivity contribution is 5.77. The van der Waals surface area contributed by atoms with Crippen LogP contribution in [0.15, 0.2) is 42.6 Å². The van der Waals surface area contributed by atoms with Gasteiger partial charge in [0.05, 0.1) is 5.52 Å². The number of benzene rings is 1. The lowest BCUT2D eigenvalue weighted by molar-refractivity contribution is 0.332. The maximum Gasteiger partial charge on any atom is 0.317 e. The highest BCUT2D eigenvalue weighted by atomic mass is 16.5. The third kappa shape index (κ3) is 3.33. The lowest BCUT2D eigenvalue weighted by Crippen LogP contribution is -2.18. The SMILES string of the molecule is C(=C\CN1CCCC1)/COc1ncc2ccccc2n1. The van der Waals surface area contributed by atoms with Gasteiger partial charge in [-0.2, -0.15) is 4.98 Å². The van der Waals surface area contributed by atoms with Gasteiger partial charge in [0.15, 0.2) is 0 Å². The van der Waals surface area contributed by atoms with Gasteiger partial charge in [0, 0.05) is 18.1 Å². The molecule has 0 spiro atoms. The number of hydrogen-bond donors (Lipinski definition) is 0. The normalized spacial score (nSPS) is 16.2. The summed E-state index contributed by atoms with van der Waals surface area (Å²) in [6.07, 6.45) is 8.65. The second-order valence-corrected chi connectivity index (χ2v) is 5.00. The average Bonchev–Trinajstić information content (AvgIpc) is 3.00. The molecular formula is C16H19N3O. The molecule has 104 valence electrons. The van der Waals surface area contributed by atoms with E-state index in [0.29, 0.717) is 12.6 Å². The molecule has 1 aliphatic rings. The Bertz CT molecular complexity index is 591. The van der Waals surface area contributed by atoms with Gasteiger partial charge in [0.2, 0.25) is 0 Å². The molecule has 4 nitrogen and oxygen atoms in total. The van der Waals surface area contributed by atoms with Gasteiger partial charge >= 0.3 is 6.01 Å². The molecule has 1 aliphatic heterocycles. The molecule has 2 aromatic rings. The summed E-state index contributed by atoms with van der Waals surface area (Å²) in [5, 5.41) is 1.03. The third-order valence-corrected chi connectivity index (χ3v) is 3.50. The lowest BCUT2D eigenvalue weighted by atomic mass is 10.2. The molecular weight excluding hydrogens is 250 g/mol. The van der Waals surface area contributed by atoms with E-state index in [4.69, 9.17) is 4.74 Å². The van der Waals surface area contributed by atoms with Crippen LogP contribution in [-0.2, 0) is 0 Å². The second-order valence-electron chi connectivity index (χ2n) is 5.00. The summed E-state index contributed by atoms with van der Waals surface area (Å²) in [7, 11) is 0. The maximum atomic E-state index is 5.55. The number of likely N-dealkylation sites (tertiary alicyclic amines) is 1. The smallest absolute Gasteiger partial charge is 0.317 e. The molecule has 0 N–H and O–H groups in total. The summed E-state index contributed by atoms with van der Waals surface area (Å²) in [4.78, 5) is 11.0. The van der Waals surface area contributed by atoms with Crippen LogP contribution in [0.4, 0.5) is 0 Å². The van der Waals surface area contributed by atoms with E-state index in [9.17, 15) is 0 Å². The number of para-hydroxylation sites is 1. The number of ether oxygens (including phenoxy) is 1. The molecule has 1 saturated heterocycles. The molecule has 0 radical (unpaired) electrons. The van der Waals surface area contributed by atoms with Crippen molar-refractivity contribution in [1.29, 1.82) is 0 Å². The first-order chi connectivity index (χ1) is 9.92. The van der Waals surface area contributed by atoms with Crippen LogP contribution in [0.1, 0.15) is 12.8 Å². The minimum atomic E-state index is 0.439. The predicted molar refractivity (Wildman–Crippen MR) is 79.8 cm³/mol. The summed E-state index contributed by atoms with van der Waals surface area (Å²) < 4.78 is 5.55. The second kappa shape index (κ2) is 6.48. The van der Waals surface area contributed by atoms with Gasteiger partial charge in [-0.15, -0.1) is 0 Å². The highest BCUT2D eigenvalue weighted by Gasteiger charge is 2.08. The number of aromatic nitrogens is 2. The van der Waals surface area contributed by atoms with Crippen molar-refractivity contribution in [2.45, 2.75) is 12.8 Å². The van der Waals surface area contributed by atoms with Crippen LogP contribution in [0, 0.1) is 0 Å². The third-order valence-electron chi connectivity index (χ3n) is 3.50. The van der Waals surface area contributed by atoms with Crippen LogP contribution in [-0.4, -0.2) is 41.1 Å². The Balaban J connectivity index is 1.50. The molecule has 1 aromatic carbocycles. The molecule has 1 aromatic heterocycles. The number of fused-ring (bicyclic) bond motifs is 1. The van der Waals surface area contributed by atoms with Gasteiger partial charge in [-0.3, -0.25) is 4.90 Å². The Morgan fingerprint density at radius 1 is 1.15 bits per heavy atom. The standard InChI is InChI=1S/C16H19N3O/c1-2-8-15-14(7-1)13-17-16(18-15)20-12-6-5-11-19-9-3-4-10-19/h1-2,5-8,13H,3-4,9-12H2/b6-5+. The lowest BCUT2D eigenvalue weighted by Gasteiger charge is -2.10. The van der Waals surface area contributed by atoms with Crippen LogP contribution in [0.3, 0.4) is 0 Å². The van der Waals surface area contributed by atoms with E-state index < -0.39 is 0 Å². The van der Waals surface area contributed by atoms with Crippen LogP contribution in [0.2, 0.25) is 0 Å². The Morgan fingerprint density at radius 2 is 2.00 bits per heavy atom. The van der Waals surface area contributed by atoms with Gasteiger partial charge < -0.3 is 4.74 Å². The Hall–Kier alpha value is -1.94. The number of nitrogens with zero attached hydrogens (tertiary/aromatic N) is 3. The maximum absolute atomic E-state index is 5.55. The van der Waals surface area contributed by atoms with Gasteiger partial charge in [0.25, 0.3) is 0 Å². The Morgan fingerprint density at radius 3 is 2.90 bits per heavy atom. The fraction of sp³-hybridized carbons (Fsp3) is 0.375. The van der Waals surface area contributed by atoms with E-state index >= 15 is 0 Å². The summed E-state index contributed by atoms with van der Waals surface area (Å²) >= 11 is 0. The minimum absolute atomic E-state index is 0.439. The molecule has 0 aliphatic carbocycles. The van der Waals surface area contributed by atoms with Crippen LogP contribution in [0.5, 0.6) is 6.01 Å². The monoisotopic (exact) mass is 269 g/mol. The first-order valence-corrected chi connectivity index (χ1v) is 7.14. The molecule has 0 bridgehead atoms. The summed E-state index contributed by atoms with van der Waals surface area (Å²) in [5.74, 6) is 0. The number of hydrogen-bond acceptors (Lipinski definition) is 4. The van der Waals surface area contributed by atoms with Crippen LogP contribution >= 0.6 is 0 Å². The van der Waals surface area contributed by atoms with Crippen molar-refractivity contribution < 1.29 is 4.74 Å². The van der Waals surface area contributed by atoms with E-state index in [1.807, 2.05) is 30.3 Å². The van der Waals surface area contributed by atoms with Crippen molar-refractivity contribution in [3.05, 3.63) is 42.6 Å².